The predicted molar refractivity (Wildman–Crippen MR) is 79.2 cm³/mol. The molecule has 3 N–H and O–H groups in total. The average Bonchev–Trinajstić information content (AvgIpc) is 2.69. The fourth-order valence-electron chi connectivity index (χ4n) is 2.79. The minimum Gasteiger partial charge on any atom is -0.329 e. The van der Waals surface area contributed by atoms with Gasteiger partial charge in [0, 0.05) is 6.54 Å². The van der Waals surface area contributed by atoms with Gasteiger partial charge in [0.25, 0.3) is 0 Å². The number of nitrogens with two attached hydrogens (primary N) is 1. The fraction of sp³-hybridized carbons (Fsp3) is 0.533. The van der Waals surface area contributed by atoms with Crippen LogP contribution in [-0.4, -0.2) is 12.5 Å². The molecule has 1 aliphatic carbocycles. The molecule has 0 unspecified atom stereocenters. The first-order valence-electron chi connectivity index (χ1n) is 7.05. The molecule has 110 valence electrons. The van der Waals surface area contributed by atoms with Gasteiger partial charge in [0.1, 0.15) is 5.82 Å². The summed E-state index contributed by atoms with van der Waals surface area (Å²) in [5, 5.41) is 2.85. The number of carbonyl (C=O) groups is 1. The van der Waals surface area contributed by atoms with Gasteiger partial charge in [-0.2, -0.15) is 0 Å². The Kier molecular flexibility index (Phi) is 5.00. The highest BCUT2D eigenvalue weighted by Gasteiger charge is 2.37. The molecular formula is C15H20ClFN2O. The molecule has 0 spiro atoms. The van der Waals surface area contributed by atoms with E-state index in [-0.39, 0.29) is 23.2 Å². The third-order valence-corrected chi connectivity index (χ3v) is 4.45. The summed E-state index contributed by atoms with van der Waals surface area (Å²) in [6.45, 7) is 0.283. The van der Waals surface area contributed by atoms with Crippen LogP contribution >= 0.6 is 11.6 Å². The maximum Gasteiger partial charge on any atom is 0.231 e. The fourth-order valence-corrected chi connectivity index (χ4v) is 3.00. The molecule has 0 aliphatic heterocycles. The number of benzene rings is 1. The van der Waals surface area contributed by atoms with Crippen LogP contribution in [0.3, 0.4) is 0 Å². The quantitative estimate of drug-likeness (QED) is 0.836. The van der Waals surface area contributed by atoms with Gasteiger partial charge in [0.15, 0.2) is 0 Å². The smallest absolute Gasteiger partial charge is 0.231 e. The Morgan fingerprint density at radius 2 is 1.95 bits per heavy atom. The van der Waals surface area contributed by atoms with Crippen molar-refractivity contribution in [3.8, 4) is 0 Å². The van der Waals surface area contributed by atoms with Crippen molar-refractivity contribution in [3.63, 3.8) is 0 Å². The Labute approximate surface area is 123 Å². The number of hydrogen-bond donors (Lipinski definition) is 2. The van der Waals surface area contributed by atoms with Gasteiger partial charge in [-0.1, -0.05) is 43.4 Å². The van der Waals surface area contributed by atoms with E-state index in [2.05, 4.69) is 5.32 Å². The summed E-state index contributed by atoms with van der Waals surface area (Å²) in [6.07, 6.45) is 5.71. The van der Waals surface area contributed by atoms with E-state index in [0.717, 1.165) is 38.5 Å². The summed E-state index contributed by atoms with van der Waals surface area (Å²) in [5.41, 5.74) is 5.31. The maximum absolute atomic E-state index is 13.8. The Balaban J connectivity index is 2.21. The highest BCUT2D eigenvalue weighted by molar-refractivity contribution is 6.33. The molecule has 0 radical (unpaired) electrons. The molecule has 0 atom stereocenters. The second-order valence-electron chi connectivity index (χ2n) is 5.45. The monoisotopic (exact) mass is 298 g/mol. The van der Waals surface area contributed by atoms with Gasteiger partial charge in [-0.05, 0) is 25.0 Å². The summed E-state index contributed by atoms with van der Waals surface area (Å²) in [6, 6.07) is 4.35. The van der Waals surface area contributed by atoms with Crippen LogP contribution in [0.1, 0.15) is 38.5 Å². The normalized spacial score (nSPS) is 18.4. The molecular weight excluding hydrogens is 279 g/mol. The van der Waals surface area contributed by atoms with E-state index in [9.17, 15) is 9.18 Å². The number of anilines is 1. The van der Waals surface area contributed by atoms with Crippen LogP contribution in [0.15, 0.2) is 18.2 Å². The molecule has 0 saturated heterocycles. The highest BCUT2D eigenvalue weighted by atomic mass is 35.5. The SMILES string of the molecule is NCC1(C(=O)Nc2c(F)cccc2Cl)CCCCCC1. The van der Waals surface area contributed by atoms with Gasteiger partial charge >= 0.3 is 0 Å². The van der Waals surface area contributed by atoms with Crippen molar-refractivity contribution < 1.29 is 9.18 Å². The molecule has 1 amide bonds. The molecule has 5 heteroatoms. The van der Waals surface area contributed by atoms with Crippen molar-refractivity contribution in [2.45, 2.75) is 38.5 Å². The summed E-state index contributed by atoms with van der Waals surface area (Å²) < 4.78 is 13.8. The molecule has 0 aromatic heterocycles. The zero-order valence-electron chi connectivity index (χ0n) is 11.4. The van der Waals surface area contributed by atoms with E-state index in [0.29, 0.717) is 0 Å². The lowest BCUT2D eigenvalue weighted by molar-refractivity contribution is -0.125. The van der Waals surface area contributed by atoms with Crippen LogP contribution in [0.2, 0.25) is 5.02 Å². The molecule has 1 aliphatic rings. The molecule has 0 heterocycles. The largest absolute Gasteiger partial charge is 0.329 e. The summed E-state index contributed by atoms with van der Waals surface area (Å²) in [4.78, 5) is 12.6. The van der Waals surface area contributed by atoms with E-state index in [1.807, 2.05) is 0 Å². The Bertz CT molecular complexity index is 465. The lowest BCUT2D eigenvalue weighted by atomic mass is 9.79. The number of carbonyl (C=O) groups excluding carboxylic acids is 1. The summed E-state index contributed by atoms with van der Waals surface area (Å²) in [5.74, 6) is -0.736. The Morgan fingerprint density at radius 1 is 1.30 bits per heavy atom. The number of hydrogen-bond acceptors (Lipinski definition) is 2. The van der Waals surface area contributed by atoms with E-state index in [1.165, 1.54) is 12.1 Å². The minimum atomic E-state index is -0.595. The second-order valence-corrected chi connectivity index (χ2v) is 5.86. The molecule has 2 rings (SSSR count). The first-order chi connectivity index (χ1) is 9.59. The van der Waals surface area contributed by atoms with Crippen molar-refractivity contribution in [1.82, 2.24) is 0 Å². The average molecular weight is 299 g/mol. The third-order valence-electron chi connectivity index (χ3n) is 4.13. The summed E-state index contributed by atoms with van der Waals surface area (Å²) in [7, 11) is 0. The van der Waals surface area contributed by atoms with E-state index < -0.39 is 11.2 Å². The first-order valence-corrected chi connectivity index (χ1v) is 7.42. The molecule has 3 nitrogen and oxygen atoms in total. The Hall–Kier alpha value is -1.13. The standard InChI is InChI=1S/C15H20ClFN2O/c16-11-6-5-7-12(17)13(11)19-14(20)15(10-18)8-3-1-2-4-9-15/h5-7H,1-4,8-10,18H2,(H,19,20). The van der Waals surface area contributed by atoms with Gasteiger partial charge in [-0.15, -0.1) is 0 Å². The zero-order valence-corrected chi connectivity index (χ0v) is 12.2. The molecule has 1 fully saturated rings. The summed E-state index contributed by atoms with van der Waals surface area (Å²) >= 11 is 5.95. The molecule has 0 bridgehead atoms. The number of amides is 1. The Morgan fingerprint density at radius 3 is 2.50 bits per heavy atom. The lowest BCUT2D eigenvalue weighted by Crippen LogP contribution is -2.42. The molecule has 1 saturated carbocycles. The zero-order chi connectivity index (χ0) is 14.6. The van der Waals surface area contributed by atoms with E-state index in [1.54, 1.807) is 6.07 Å². The number of nitrogens with one attached hydrogen (secondary N) is 1. The van der Waals surface area contributed by atoms with Crippen molar-refractivity contribution >= 4 is 23.2 Å². The van der Waals surface area contributed by atoms with E-state index >= 15 is 0 Å². The maximum atomic E-state index is 13.8. The second kappa shape index (κ2) is 6.55. The number of para-hydroxylation sites is 1. The van der Waals surface area contributed by atoms with Crippen LogP contribution in [0.25, 0.3) is 0 Å². The van der Waals surface area contributed by atoms with Crippen molar-refractivity contribution in [3.05, 3.63) is 29.0 Å². The van der Waals surface area contributed by atoms with Crippen molar-refractivity contribution in [2.75, 3.05) is 11.9 Å². The topological polar surface area (TPSA) is 55.1 Å². The minimum absolute atomic E-state index is 0.0521. The van der Waals surface area contributed by atoms with Crippen molar-refractivity contribution in [1.29, 1.82) is 0 Å². The van der Waals surface area contributed by atoms with E-state index in [4.69, 9.17) is 17.3 Å². The van der Waals surface area contributed by atoms with Gasteiger partial charge in [0.05, 0.1) is 16.1 Å². The molecule has 1 aromatic rings. The van der Waals surface area contributed by atoms with Crippen LogP contribution in [0.5, 0.6) is 0 Å². The predicted octanol–water partition coefficient (Wildman–Crippen LogP) is 3.72. The van der Waals surface area contributed by atoms with Gasteiger partial charge in [0.2, 0.25) is 5.91 Å². The third kappa shape index (κ3) is 3.13. The van der Waals surface area contributed by atoms with Crippen LogP contribution in [-0.2, 0) is 4.79 Å². The molecule has 1 aromatic carbocycles. The number of rotatable bonds is 3. The van der Waals surface area contributed by atoms with Gasteiger partial charge in [-0.3, -0.25) is 4.79 Å². The van der Waals surface area contributed by atoms with Gasteiger partial charge < -0.3 is 11.1 Å². The van der Waals surface area contributed by atoms with Gasteiger partial charge in [-0.25, -0.2) is 4.39 Å². The number of halogens is 2. The van der Waals surface area contributed by atoms with Crippen LogP contribution < -0.4 is 11.1 Å². The van der Waals surface area contributed by atoms with Crippen LogP contribution in [0.4, 0.5) is 10.1 Å². The first kappa shape index (κ1) is 15.3. The highest BCUT2D eigenvalue weighted by Crippen LogP contribution is 2.36. The van der Waals surface area contributed by atoms with Crippen LogP contribution in [0, 0.1) is 11.2 Å². The van der Waals surface area contributed by atoms with Crippen molar-refractivity contribution in [2.24, 2.45) is 11.1 Å². The lowest BCUT2D eigenvalue weighted by Gasteiger charge is -2.30. The molecule has 20 heavy (non-hydrogen) atoms.